The van der Waals surface area contributed by atoms with Crippen LogP contribution in [0.3, 0.4) is 0 Å². The number of carbonyl (C=O) groups excluding carboxylic acids is 2. The number of hydrogen-bond donors (Lipinski definition) is 2. The molecule has 1 heterocycles. The number of carbonyl (C=O) groups is 2. The highest BCUT2D eigenvalue weighted by Gasteiger charge is 2.30. The summed E-state index contributed by atoms with van der Waals surface area (Å²) in [6.45, 7) is 3.38. The maximum absolute atomic E-state index is 13.0. The fourth-order valence-corrected chi connectivity index (χ4v) is 4.18. The lowest BCUT2D eigenvalue weighted by Gasteiger charge is -2.34. The number of amides is 2. The van der Waals surface area contributed by atoms with Crippen LogP contribution in [0.4, 0.5) is 11.4 Å². The fourth-order valence-electron chi connectivity index (χ4n) is 4.18. The Balaban J connectivity index is 1.33. The van der Waals surface area contributed by atoms with Gasteiger partial charge in [-0.25, -0.2) is 0 Å². The van der Waals surface area contributed by atoms with Crippen molar-refractivity contribution in [1.29, 1.82) is 0 Å². The van der Waals surface area contributed by atoms with E-state index >= 15 is 0 Å². The normalized spacial score (nSPS) is 15.7. The first-order valence-electron chi connectivity index (χ1n) is 11.2. The van der Waals surface area contributed by atoms with Gasteiger partial charge in [0.05, 0.1) is 6.04 Å². The number of likely N-dealkylation sites (tertiary alicyclic amines) is 1. The van der Waals surface area contributed by atoms with E-state index in [-0.39, 0.29) is 23.8 Å². The van der Waals surface area contributed by atoms with Gasteiger partial charge in [0.1, 0.15) is 0 Å². The maximum atomic E-state index is 13.0. The highest BCUT2D eigenvalue weighted by Crippen LogP contribution is 2.28. The second-order valence-corrected chi connectivity index (χ2v) is 8.24. The third-order valence-electron chi connectivity index (χ3n) is 6.14. The van der Waals surface area contributed by atoms with Crippen molar-refractivity contribution < 1.29 is 9.59 Å². The van der Waals surface area contributed by atoms with Crippen LogP contribution in [0.25, 0.3) is 11.1 Å². The minimum atomic E-state index is -0.267. The molecule has 3 aromatic rings. The zero-order valence-electron chi connectivity index (χ0n) is 18.3. The van der Waals surface area contributed by atoms with Gasteiger partial charge in [0.2, 0.25) is 11.8 Å². The minimum absolute atomic E-state index is 0.0273. The Morgan fingerprint density at radius 3 is 2.09 bits per heavy atom. The Kier molecular flexibility index (Phi) is 6.97. The molecule has 2 amide bonds. The summed E-state index contributed by atoms with van der Waals surface area (Å²) in [6, 6.07) is 27.2. The zero-order valence-corrected chi connectivity index (χ0v) is 18.3. The van der Waals surface area contributed by atoms with Crippen molar-refractivity contribution in [1.82, 2.24) is 4.90 Å². The number of hydrogen-bond acceptors (Lipinski definition) is 3. The van der Waals surface area contributed by atoms with Crippen LogP contribution in [-0.2, 0) is 9.59 Å². The van der Waals surface area contributed by atoms with Gasteiger partial charge in [0.15, 0.2) is 0 Å². The Morgan fingerprint density at radius 2 is 1.41 bits per heavy atom. The van der Waals surface area contributed by atoms with E-state index in [1.54, 1.807) is 0 Å². The molecule has 0 bridgehead atoms. The summed E-state index contributed by atoms with van der Waals surface area (Å²) in [6.07, 6.45) is 1.49. The van der Waals surface area contributed by atoms with Crippen molar-refractivity contribution in [2.45, 2.75) is 25.8 Å². The van der Waals surface area contributed by atoms with Crippen molar-refractivity contribution in [3.8, 4) is 11.1 Å². The molecule has 32 heavy (non-hydrogen) atoms. The fraction of sp³-hybridized carbons (Fsp3) is 0.259. The van der Waals surface area contributed by atoms with Crippen LogP contribution >= 0.6 is 0 Å². The molecule has 0 radical (unpaired) electrons. The van der Waals surface area contributed by atoms with Gasteiger partial charge in [-0.2, -0.15) is 0 Å². The number of anilines is 2. The first-order chi connectivity index (χ1) is 15.6. The molecule has 0 saturated carbocycles. The van der Waals surface area contributed by atoms with Crippen LogP contribution in [0.5, 0.6) is 0 Å². The summed E-state index contributed by atoms with van der Waals surface area (Å²) in [5.74, 6) is 0.00540. The molecule has 5 heteroatoms. The number of rotatable bonds is 6. The van der Waals surface area contributed by atoms with Gasteiger partial charge in [-0.15, -0.1) is 0 Å². The summed E-state index contributed by atoms with van der Waals surface area (Å²) in [4.78, 5) is 27.8. The van der Waals surface area contributed by atoms with Crippen LogP contribution in [0.1, 0.15) is 19.8 Å². The number of nitrogens with one attached hydrogen (secondary N) is 2. The molecule has 1 saturated heterocycles. The van der Waals surface area contributed by atoms with Gasteiger partial charge in [-0.1, -0.05) is 66.7 Å². The van der Waals surface area contributed by atoms with E-state index in [0.717, 1.165) is 48.4 Å². The lowest BCUT2D eigenvalue weighted by molar-refractivity contribution is -0.123. The highest BCUT2D eigenvalue weighted by atomic mass is 16.2. The van der Waals surface area contributed by atoms with E-state index in [9.17, 15) is 9.59 Å². The van der Waals surface area contributed by atoms with E-state index < -0.39 is 0 Å². The van der Waals surface area contributed by atoms with Crippen LogP contribution in [0.15, 0.2) is 84.9 Å². The third-order valence-corrected chi connectivity index (χ3v) is 6.14. The number of piperidine rings is 1. The predicted octanol–water partition coefficient (Wildman–Crippen LogP) is 5.03. The zero-order chi connectivity index (χ0) is 22.3. The SMILES string of the molecule is C[C@@H](C(=O)Nc1ccccc1-c1ccccc1)N1CCC(C(=O)Nc2ccccc2)CC1. The van der Waals surface area contributed by atoms with Crippen molar-refractivity contribution >= 4 is 23.2 Å². The Hall–Kier alpha value is -3.44. The molecule has 0 unspecified atom stereocenters. The summed E-state index contributed by atoms with van der Waals surface area (Å²) < 4.78 is 0. The molecular weight excluding hydrogens is 398 g/mol. The van der Waals surface area contributed by atoms with Crippen LogP contribution < -0.4 is 10.6 Å². The molecule has 5 nitrogen and oxygen atoms in total. The summed E-state index contributed by atoms with van der Waals surface area (Å²) in [5, 5.41) is 6.11. The average Bonchev–Trinajstić information content (AvgIpc) is 2.85. The van der Waals surface area contributed by atoms with E-state index in [0.29, 0.717) is 0 Å². The van der Waals surface area contributed by atoms with Crippen molar-refractivity contribution in [2.75, 3.05) is 23.7 Å². The van der Waals surface area contributed by atoms with E-state index in [2.05, 4.69) is 15.5 Å². The second kappa shape index (κ2) is 10.2. The first kappa shape index (κ1) is 21.8. The molecule has 1 atom stereocenters. The molecule has 1 aliphatic rings. The number of para-hydroxylation sites is 2. The molecule has 0 spiro atoms. The quantitative estimate of drug-likeness (QED) is 0.580. The number of nitrogens with zero attached hydrogens (tertiary/aromatic N) is 1. The van der Waals surface area contributed by atoms with Crippen LogP contribution in [0.2, 0.25) is 0 Å². The molecule has 2 N–H and O–H groups in total. The van der Waals surface area contributed by atoms with Gasteiger partial charge < -0.3 is 10.6 Å². The monoisotopic (exact) mass is 427 g/mol. The third kappa shape index (κ3) is 5.24. The standard InChI is InChI=1S/C27H29N3O2/c1-20(26(31)29-25-15-9-8-14-24(25)21-10-4-2-5-11-21)30-18-16-22(17-19-30)27(32)28-23-12-6-3-7-13-23/h2-15,20,22H,16-19H2,1H3,(H,28,32)(H,29,31)/t20-/m0/s1. The Morgan fingerprint density at radius 1 is 0.812 bits per heavy atom. The van der Waals surface area contributed by atoms with Crippen LogP contribution in [-0.4, -0.2) is 35.8 Å². The molecule has 164 valence electrons. The van der Waals surface area contributed by atoms with E-state index in [1.807, 2.05) is 91.9 Å². The predicted molar refractivity (Wildman–Crippen MR) is 129 cm³/mol. The minimum Gasteiger partial charge on any atom is -0.326 e. The smallest absolute Gasteiger partial charge is 0.241 e. The molecule has 0 aliphatic carbocycles. The van der Waals surface area contributed by atoms with Gasteiger partial charge in [-0.05, 0) is 56.6 Å². The van der Waals surface area contributed by atoms with Crippen molar-refractivity contribution in [2.24, 2.45) is 5.92 Å². The van der Waals surface area contributed by atoms with Crippen LogP contribution in [0, 0.1) is 5.92 Å². The first-order valence-corrected chi connectivity index (χ1v) is 11.2. The van der Waals surface area contributed by atoms with E-state index in [1.165, 1.54) is 0 Å². The molecule has 1 aliphatic heterocycles. The Bertz CT molecular complexity index is 1040. The summed E-state index contributed by atoms with van der Waals surface area (Å²) in [7, 11) is 0. The number of benzene rings is 3. The van der Waals surface area contributed by atoms with Crippen molar-refractivity contribution in [3.63, 3.8) is 0 Å². The molecule has 0 aromatic heterocycles. The van der Waals surface area contributed by atoms with Crippen molar-refractivity contribution in [3.05, 3.63) is 84.9 Å². The second-order valence-electron chi connectivity index (χ2n) is 8.24. The average molecular weight is 428 g/mol. The Labute approximate surface area is 189 Å². The molecule has 3 aromatic carbocycles. The topological polar surface area (TPSA) is 61.4 Å². The largest absolute Gasteiger partial charge is 0.326 e. The molecule has 4 rings (SSSR count). The lowest BCUT2D eigenvalue weighted by Crippen LogP contribution is -2.47. The van der Waals surface area contributed by atoms with E-state index in [4.69, 9.17) is 0 Å². The highest BCUT2D eigenvalue weighted by molar-refractivity contribution is 5.98. The van der Waals surface area contributed by atoms with Gasteiger partial charge in [-0.3, -0.25) is 14.5 Å². The lowest BCUT2D eigenvalue weighted by atomic mass is 9.94. The molecule has 1 fully saturated rings. The van der Waals surface area contributed by atoms with Gasteiger partial charge in [0.25, 0.3) is 0 Å². The summed E-state index contributed by atoms with van der Waals surface area (Å²) in [5.41, 5.74) is 3.71. The summed E-state index contributed by atoms with van der Waals surface area (Å²) >= 11 is 0. The molecular formula is C27H29N3O2. The van der Waals surface area contributed by atoms with Gasteiger partial charge >= 0.3 is 0 Å². The maximum Gasteiger partial charge on any atom is 0.241 e. The van der Waals surface area contributed by atoms with Gasteiger partial charge in [0, 0.05) is 22.9 Å².